The summed E-state index contributed by atoms with van der Waals surface area (Å²) in [4.78, 5) is 4.08. The summed E-state index contributed by atoms with van der Waals surface area (Å²) < 4.78 is 37.6. The van der Waals surface area contributed by atoms with Crippen LogP contribution in [0.3, 0.4) is 0 Å². The third kappa shape index (κ3) is 3.56. The molecular weight excluding hydrogens is 363 g/mol. The lowest BCUT2D eigenvalue weighted by Crippen LogP contribution is -2.12. The van der Waals surface area contributed by atoms with Gasteiger partial charge in [-0.3, -0.25) is 4.98 Å². The van der Waals surface area contributed by atoms with Crippen molar-refractivity contribution in [3.8, 4) is 22.4 Å². The fraction of sp³-hybridized carbons (Fsp3) is 0.0556. The van der Waals surface area contributed by atoms with Gasteiger partial charge in [0, 0.05) is 22.3 Å². The van der Waals surface area contributed by atoms with Gasteiger partial charge in [0.25, 0.3) is 0 Å². The van der Waals surface area contributed by atoms with E-state index in [0.717, 1.165) is 23.3 Å². The molecule has 0 saturated carbocycles. The van der Waals surface area contributed by atoms with Gasteiger partial charge in [0.05, 0.1) is 10.6 Å². The molecule has 128 valence electrons. The summed E-state index contributed by atoms with van der Waals surface area (Å²) >= 11 is 6.06. The number of aromatic nitrogens is 1. The molecule has 25 heavy (non-hydrogen) atoms. The topological polar surface area (TPSA) is 73.0 Å². The van der Waals surface area contributed by atoms with Gasteiger partial charge in [-0.1, -0.05) is 23.7 Å². The first-order valence-electron chi connectivity index (χ1n) is 7.31. The Hall–Kier alpha value is -2.28. The molecule has 2 aromatic carbocycles. The first-order valence-corrected chi connectivity index (χ1v) is 9.24. The molecule has 0 spiro atoms. The number of primary sulfonamides is 1. The van der Waals surface area contributed by atoms with Gasteiger partial charge < -0.3 is 0 Å². The molecule has 0 atom stereocenters. The minimum Gasteiger partial charge on any atom is -0.255 e. The third-order valence-electron chi connectivity index (χ3n) is 3.80. The van der Waals surface area contributed by atoms with Gasteiger partial charge in [-0.15, -0.1) is 0 Å². The molecule has 4 nitrogen and oxygen atoms in total. The van der Waals surface area contributed by atoms with E-state index in [1.165, 1.54) is 12.3 Å². The summed E-state index contributed by atoms with van der Waals surface area (Å²) in [5.41, 5.74) is 2.72. The van der Waals surface area contributed by atoms with Crippen LogP contribution in [0.5, 0.6) is 0 Å². The van der Waals surface area contributed by atoms with Gasteiger partial charge in [0.1, 0.15) is 5.82 Å². The van der Waals surface area contributed by atoms with Crippen molar-refractivity contribution in [3.05, 3.63) is 71.1 Å². The van der Waals surface area contributed by atoms with Crippen molar-refractivity contribution in [2.24, 2.45) is 5.14 Å². The number of aryl methyl sites for hydroxylation is 1. The second kappa shape index (κ2) is 6.55. The van der Waals surface area contributed by atoms with Gasteiger partial charge in [0.2, 0.25) is 10.0 Å². The smallest absolute Gasteiger partial charge is 0.238 e. The molecule has 1 aromatic heterocycles. The van der Waals surface area contributed by atoms with Gasteiger partial charge in [-0.05, 0) is 54.4 Å². The fourth-order valence-corrected chi connectivity index (χ4v) is 3.19. The molecule has 1 heterocycles. The predicted molar refractivity (Wildman–Crippen MR) is 96.2 cm³/mol. The van der Waals surface area contributed by atoms with Crippen molar-refractivity contribution in [1.82, 2.24) is 4.98 Å². The van der Waals surface area contributed by atoms with E-state index in [1.807, 2.05) is 13.0 Å². The minimum atomic E-state index is -3.95. The van der Waals surface area contributed by atoms with Crippen LogP contribution >= 0.6 is 11.6 Å². The van der Waals surface area contributed by atoms with E-state index in [-0.39, 0.29) is 10.5 Å². The molecule has 2 N–H and O–H groups in total. The van der Waals surface area contributed by atoms with Crippen LogP contribution < -0.4 is 5.14 Å². The van der Waals surface area contributed by atoms with Gasteiger partial charge >= 0.3 is 0 Å². The van der Waals surface area contributed by atoms with E-state index in [2.05, 4.69) is 4.98 Å². The number of nitrogens with zero attached hydrogens (tertiary/aromatic N) is 1. The van der Waals surface area contributed by atoms with E-state index in [1.54, 1.807) is 24.3 Å². The first-order chi connectivity index (χ1) is 11.8. The van der Waals surface area contributed by atoms with Crippen LogP contribution in [0, 0.1) is 12.7 Å². The number of nitrogens with two attached hydrogens (primary N) is 1. The number of hydrogen-bond acceptors (Lipinski definition) is 3. The molecule has 0 aliphatic heterocycles. The lowest BCUT2D eigenvalue weighted by atomic mass is 9.98. The van der Waals surface area contributed by atoms with Gasteiger partial charge in [-0.2, -0.15) is 0 Å². The predicted octanol–water partition coefficient (Wildman–Crippen LogP) is 4.16. The highest BCUT2D eigenvalue weighted by molar-refractivity contribution is 7.89. The van der Waals surface area contributed by atoms with Crippen LogP contribution in [0.4, 0.5) is 4.39 Å². The van der Waals surface area contributed by atoms with Crippen molar-refractivity contribution >= 4 is 21.6 Å². The Balaban J connectivity index is 2.25. The van der Waals surface area contributed by atoms with Crippen molar-refractivity contribution in [2.75, 3.05) is 0 Å². The molecular formula is C18H14ClFN2O2S. The van der Waals surface area contributed by atoms with Crippen LogP contribution in [0.1, 0.15) is 5.56 Å². The van der Waals surface area contributed by atoms with Crippen LogP contribution in [-0.2, 0) is 10.0 Å². The molecule has 7 heteroatoms. The largest absolute Gasteiger partial charge is 0.255 e. The first kappa shape index (κ1) is 17.5. The molecule has 0 aliphatic carbocycles. The van der Waals surface area contributed by atoms with Gasteiger partial charge in [-0.25, -0.2) is 17.9 Å². The van der Waals surface area contributed by atoms with Gasteiger partial charge in [0.15, 0.2) is 0 Å². The lowest BCUT2D eigenvalue weighted by Gasteiger charge is -2.12. The van der Waals surface area contributed by atoms with Crippen molar-refractivity contribution < 1.29 is 12.8 Å². The maximum Gasteiger partial charge on any atom is 0.238 e. The monoisotopic (exact) mass is 376 g/mol. The molecule has 0 unspecified atom stereocenters. The summed E-state index contributed by atoms with van der Waals surface area (Å²) in [6.45, 7) is 1.87. The second-order valence-corrected chi connectivity index (χ2v) is 7.52. The van der Waals surface area contributed by atoms with E-state index >= 15 is 0 Å². The Bertz CT molecular complexity index is 1070. The summed E-state index contributed by atoms with van der Waals surface area (Å²) in [5.74, 6) is -0.585. The van der Waals surface area contributed by atoms with Crippen molar-refractivity contribution in [3.63, 3.8) is 0 Å². The Morgan fingerprint density at radius 2 is 1.84 bits per heavy atom. The zero-order chi connectivity index (χ0) is 18.2. The Morgan fingerprint density at radius 3 is 2.52 bits per heavy atom. The summed E-state index contributed by atoms with van der Waals surface area (Å²) in [7, 11) is -3.95. The Labute approximate surface area is 150 Å². The average molecular weight is 377 g/mol. The number of benzene rings is 2. The summed E-state index contributed by atoms with van der Waals surface area (Å²) in [6.07, 6.45) is 1.52. The lowest BCUT2D eigenvalue weighted by molar-refractivity contribution is 0.596. The van der Waals surface area contributed by atoms with E-state index in [9.17, 15) is 12.8 Å². The molecule has 3 rings (SSSR count). The molecule has 0 fully saturated rings. The zero-order valence-corrected chi connectivity index (χ0v) is 14.8. The Kier molecular flexibility index (Phi) is 4.60. The van der Waals surface area contributed by atoms with Crippen LogP contribution in [-0.4, -0.2) is 13.4 Å². The Morgan fingerprint density at radius 1 is 1.08 bits per heavy atom. The molecule has 0 radical (unpaired) electrons. The molecule has 0 bridgehead atoms. The van der Waals surface area contributed by atoms with Crippen molar-refractivity contribution in [1.29, 1.82) is 0 Å². The van der Waals surface area contributed by atoms with Crippen LogP contribution in [0.15, 0.2) is 59.6 Å². The van der Waals surface area contributed by atoms with E-state index < -0.39 is 15.8 Å². The highest BCUT2D eigenvalue weighted by atomic mass is 35.5. The minimum absolute atomic E-state index is 0.0646. The quantitative estimate of drug-likeness (QED) is 0.745. The molecule has 0 amide bonds. The number of pyridine rings is 1. The molecule has 0 aliphatic rings. The standard InChI is InChI=1S/C18H14ClFN2O2S/c1-11-9-12(4-6-16(11)19)14-3-2-8-22-18(14)15-10-13(25(21,23)24)5-7-17(15)20/h2-10H,1H3,(H2,21,23,24). The summed E-state index contributed by atoms with van der Waals surface area (Å²) in [6, 6.07) is 12.3. The van der Waals surface area contributed by atoms with E-state index in [4.69, 9.17) is 16.7 Å². The highest BCUT2D eigenvalue weighted by Gasteiger charge is 2.17. The maximum absolute atomic E-state index is 14.4. The number of rotatable bonds is 3. The fourth-order valence-electron chi connectivity index (χ4n) is 2.53. The zero-order valence-electron chi connectivity index (χ0n) is 13.2. The summed E-state index contributed by atoms with van der Waals surface area (Å²) in [5, 5.41) is 5.78. The second-order valence-electron chi connectivity index (χ2n) is 5.55. The number of sulfonamides is 1. The normalized spacial score (nSPS) is 11.5. The number of hydrogen-bond donors (Lipinski definition) is 1. The third-order valence-corrected chi connectivity index (χ3v) is 5.13. The van der Waals surface area contributed by atoms with Crippen LogP contribution in [0.25, 0.3) is 22.4 Å². The van der Waals surface area contributed by atoms with Crippen molar-refractivity contribution in [2.45, 2.75) is 11.8 Å². The van der Waals surface area contributed by atoms with E-state index in [0.29, 0.717) is 16.3 Å². The maximum atomic E-state index is 14.4. The highest BCUT2D eigenvalue weighted by Crippen LogP contribution is 2.34. The van der Waals surface area contributed by atoms with Crippen LogP contribution in [0.2, 0.25) is 5.02 Å². The SMILES string of the molecule is Cc1cc(-c2cccnc2-c2cc(S(N)(=O)=O)ccc2F)ccc1Cl. The number of halogens is 2. The average Bonchev–Trinajstić information content (AvgIpc) is 2.57. The molecule has 3 aromatic rings. The molecule has 0 saturated heterocycles.